The van der Waals surface area contributed by atoms with Gasteiger partial charge in [0.05, 0.1) is 5.56 Å². The summed E-state index contributed by atoms with van der Waals surface area (Å²) in [7, 11) is 0. The molecule has 172 valence electrons. The van der Waals surface area contributed by atoms with Crippen molar-refractivity contribution in [2.45, 2.75) is 46.3 Å². The first-order chi connectivity index (χ1) is 15.5. The zero-order valence-electron chi connectivity index (χ0n) is 19.1. The van der Waals surface area contributed by atoms with Crippen LogP contribution in [0.15, 0.2) is 52.9 Å². The molecule has 0 bridgehead atoms. The van der Waals surface area contributed by atoms with E-state index in [-0.39, 0.29) is 5.56 Å². The van der Waals surface area contributed by atoms with Gasteiger partial charge in [0, 0.05) is 16.7 Å². The predicted octanol–water partition coefficient (Wildman–Crippen LogP) is 3.88. The quantitative estimate of drug-likeness (QED) is 0.565. The van der Waals surface area contributed by atoms with Crippen LogP contribution in [0.25, 0.3) is 22.9 Å². The second kappa shape index (κ2) is 9.64. The van der Waals surface area contributed by atoms with Crippen LogP contribution in [0.4, 0.5) is 4.79 Å². The Balaban J connectivity index is 1.60. The Morgan fingerprint density at radius 2 is 1.42 bits per heavy atom. The highest BCUT2D eigenvalue weighted by Crippen LogP contribution is 2.24. The van der Waals surface area contributed by atoms with Gasteiger partial charge in [0.2, 0.25) is 11.8 Å². The van der Waals surface area contributed by atoms with Crippen molar-refractivity contribution in [2.24, 2.45) is 0 Å². The minimum atomic E-state index is -1.16. The summed E-state index contributed by atoms with van der Waals surface area (Å²) < 4.78 is 10.9. The number of nitrogens with zero attached hydrogens (tertiary/aromatic N) is 2. The highest BCUT2D eigenvalue weighted by atomic mass is 16.5. The van der Waals surface area contributed by atoms with E-state index in [1.165, 1.54) is 19.1 Å². The van der Waals surface area contributed by atoms with Crippen LogP contribution in [0, 0.1) is 6.92 Å². The van der Waals surface area contributed by atoms with E-state index in [0.29, 0.717) is 17.3 Å². The fourth-order valence-electron chi connectivity index (χ4n) is 2.77. The molecule has 0 aliphatic rings. The number of aryl methyl sites for hydroxylation is 1. The molecule has 1 unspecified atom stereocenters. The molecule has 9 heteroatoms. The lowest BCUT2D eigenvalue weighted by Crippen LogP contribution is -2.50. The third kappa shape index (κ3) is 6.49. The lowest BCUT2D eigenvalue weighted by atomic mass is 10.1. The maximum Gasteiger partial charge on any atom is 0.338 e. The van der Waals surface area contributed by atoms with E-state index in [1.54, 1.807) is 32.9 Å². The van der Waals surface area contributed by atoms with E-state index in [0.717, 1.165) is 11.1 Å². The molecule has 1 aromatic heterocycles. The van der Waals surface area contributed by atoms with E-state index >= 15 is 0 Å². The molecular weight excluding hydrogens is 424 g/mol. The van der Waals surface area contributed by atoms with Crippen molar-refractivity contribution in [3.05, 3.63) is 59.7 Å². The summed E-state index contributed by atoms with van der Waals surface area (Å²) in [5, 5.41) is 12.9. The maximum atomic E-state index is 12.4. The second-order valence-electron chi connectivity index (χ2n) is 8.60. The Hall–Kier alpha value is -4.01. The topological polar surface area (TPSA) is 123 Å². The number of carbonyl (C=O) groups excluding carboxylic acids is 3. The van der Waals surface area contributed by atoms with E-state index in [2.05, 4.69) is 20.8 Å². The van der Waals surface area contributed by atoms with Gasteiger partial charge in [0.1, 0.15) is 0 Å². The van der Waals surface area contributed by atoms with Gasteiger partial charge in [-0.15, -0.1) is 10.2 Å². The minimum Gasteiger partial charge on any atom is -0.449 e. The van der Waals surface area contributed by atoms with Crippen LogP contribution in [-0.2, 0) is 9.53 Å². The smallest absolute Gasteiger partial charge is 0.338 e. The summed E-state index contributed by atoms with van der Waals surface area (Å²) in [5.74, 6) is -0.727. The normalized spacial score (nSPS) is 12.0. The number of aromatic nitrogens is 2. The molecule has 2 aromatic carbocycles. The molecule has 1 heterocycles. The van der Waals surface area contributed by atoms with Crippen LogP contribution in [-0.4, -0.2) is 39.7 Å². The van der Waals surface area contributed by atoms with Gasteiger partial charge in [-0.2, -0.15) is 0 Å². The van der Waals surface area contributed by atoms with Crippen molar-refractivity contribution in [1.29, 1.82) is 0 Å². The highest BCUT2D eigenvalue weighted by Gasteiger charge is 2.23. The van der Waals surface area contributed by atoms with Gasteiger partial charge < -0.3 is 14.5 Å². The number of ether oxygens (including phenoxy) is 1. The lowest BCUT2D eigenvalue weighted by molar-refractivity contribution is -0.127. The molecule has 3 amide bonds. The summed E-state index contributed by atoms with van der Waals surface area (Å²) in [4.78, 5) is 36.3. The zero-order valence-corrected chi connectivity index (χ0v) is 19.1. The molecule has 0 fully saturated rings. The van der Waals surface area contributed by atoms with Gasteiger partial charge in [0.25, 0.3) is 5.91 Å². The Labute approximate surface area is 191 Å². The van der Waals surface area contributed by atoms with Crippen LogP contribution in [0.1, 0.15) is 43.6 Å². The van der Waals surface area contributed by atoms with Gasteiger partial charge in [-0.25, -0.2) is 9.59 Å². The zero-order chi connectivity index (χ0) is 24.2. The number of carbonyl (C=O) groups is 3. The van der Waals surface area contributed by atoms with Crippen molar-refractivity contribution in [1.82, 2.24) is 20.8 Å². The van der Waals surface area contributed by atoms with Crippen LogP contribution in [0.3, 0.4) is 0 Å². The number of urea groups is 1. The molecule has 0 aliphatic heterocycles. The van der Waals surface area contributed by atoms with E-state index in [4.69, 9.17) is 9.15 Å². The number of hydrogen-bond acceptors (Lipinski definition) is 7. The molecule has 1 atom stereocenters. The molecule has 0 aliphatic carbocycles. The second-order valence-corrected chi connectivity index (χ2v) is 8.60. The number of imide groups is 1. The first kappa shape index (κ1) is 23.6. The van der Waals surface area contributed by atoms with Gasteiger partial charge in [-0.1, -0.05) is 17.7 Å². The average molecular weight is 450 g/mol. The van der Waals surface area contributed by atoms with Crippen molar-refractivity contribution in [3.8, 4) is 22.9 Å². The van der Waals surface area contributed by atoms with Gasteiger partial charge in [-0.05, 0) is 71.0 Å². The first-order valence-corrected chi connectivity index (χ1v) is 10.4. The monoisotopic (exact) mass is 450 g/mol. The maximum absolute atomic E-state index is 12.4. The number of amides is 3. The molecule has 33 heavy (non-hydrogen) atoms. The molecular formula is C24H26N4O5. The van der Waals surface area contributed by atoms with Crippen molar-refractivity contribution >= 4 is 17.9 Å². The Morgan fingerprint density at radius 3 is 1.94 bits per heavy atom. The summed E-state index contributed by atoms with van der Waals surface area (Å²) in [5.41, 5.74) is 2.28. The molecule has 2 N–H and O–H groups in total. The standard InChI is InChI=1S/C24H26N4O5/c1-14-6-8-16(9-7-14)20-27-28-21(33-20)17-10-12-18(13-11-17)22(30)32-15(2)19(29)25-23(31)26-24(3,4)5/h6-13,15H,1-5H3,(H2,25,26,29,31). The van der Waals surface area contributed by atoms with Gasteiger partial charge >= 0.3 is 12.0 Å². The molecule has 9 nitrogen and oxygen atoms in total. The van der Waals surface area contributed by atoms with E-state index < -0.39 is 29.6 Å². The summed E-state index contributed by atoms with van der Waals surface area (Å²) in [6, 6.07) is 13.4. The number of rotatable bonds is 5. The number of nitrogens with one attached hydrogen (secondary N) is 2. The number of benzene rings is 2. The van der Waals surface area contributed by atoms with Crippen LogP contribution >= 0.6 is 0 Å². The third-order valence-electron chi connectivity index (χ3n) is 4.47. The minimum absolute atomic E-state index is 0.232. The van der Waals surface area contributed by atoms with Crippen molar-refractivity contribution in [3.63, 3.8) is 0 Å². The molecule has 3 aromatic rings. The Morgan fingerprint density at radius 1 is 0.909 bits per heavy atom. The van der Waals surface area contributed by atoms with Gasteiger partial charge in [0.15, 0.2) is 6.10 Å². The Bertz CT molecular complexity index is 1140. The van der Waals surface area contributed by atoms with Crippen molar-refractivity contribution in [2.75, 3.05) is 0 Å². The Kier molecular flexibility index (Phi) is 6.91. The fourth-order valence-corrected chi connectivity index (χ4v) is 2.77. The summed E-state index contributed by atoms with van der Waals surface area (Å²) in [6.45, 7) is 8.72. The van der Waals surface area contributed by atoms with Crippen LogP contribution in [0.5, 0.6) is 0 Å². The molecule has 0 radical (unpaired) electrons. The fraction of sp³-hybridized carbons (Fsp3) is 0.292. The molecule has 0 saturated heterocycles. The number of esters is 1. The van der Waals surface area contributed by atoms with E-state index in [1.807, 2.05) is 31.2 Å². The molecule has 0 spiro atoms. The summed E-state index contributed by atoms with van der Waals surface area (Å²) >= 11 is 0. The van der Waals surface area contributed by atoms with Crippen LogP contribution < -0.4 is 10.6 Å². The largest absolute Gasteiger partial charge is 0.449 e. The SMILES string of the molecule is Cc1ccc(-c2nnc(-c3ccc(C(=O)OC(C)C(=O)NC(=O)NC(C)(C)C)cc3)o2)cc1. The summed E-state index contributed by atoms with van der Waals surface area (Å²) in [6.07, 6.45) is -1.16. The third-order valence-corrected chi connectivity index (χ3v) is 4.47. The number of hydrogen-bond donors (Lipinski definition) is 2. The predicted molar refractivity (Wildman–Crippen MR) is 121 cm³/mol. The average Bonchev–Trinajstić information content (AvgIpc) is 3.23. The van der Waals surface area contributed by atoms with Crippen molar-refractivity contribution < 1.29 is 23.5 Å². The van der Waals surface area contributed by atoms with Crippen LogP contribution in [0.2, 0.25) is 0 Å². The highest BCUT2D eigenvalue weighted by molar-refractivity contribution is 5.98. The first-order valence-electron chi connectivity index (χ1n) is 10.4. The lowest BCUT2D eigenvalue weighted by Gasteiger charge is -2.21. The van der Waals surface area contributed by atoms with Gasteiger partial charge in [-0.3, -0.25) is 10.1 Å². The van der Waals surface area contributed by atoms with E-state index in [9.17, 15) is 14.4 Å². The molecule has 3 rings (SSSR count). The molecule has 0 saturated carbocycles.